The summed E-state index contributed by atoms with van der Waals surface area (Å²) in [6, 6.07) is 9.21. The van der Waals surface area contributed by atoms with Gasteiger partial charge in [-0.05, 0) is 59.7 Å². The third kappa shape index (κ3) is 3.61. The number of piperidine rings is 1. The van der Waals surface area contributed by atoms with Crippen molar-refractivity contribution in [1.29, 1.82) is 0 Å². The van der Waals surface area contributed by atoms with Crippen molar-refractivity contribution in [3.8, 4) is 0 Å². The maximum atomic E-state index is 3.51. The Morgan fingerprint density at radius 2 is 2.00 bits per heavy atom. The first-order valence-electron chi connectivity index (χ1n) is 5.52. The van der Waals surface area contributed by atoms with Crippen molar-refractivity contribution in [3.63, 3.8) is 0 Å². The number of benzene rings is 1. The van der Waals surface area contributed by atoms with Crippen LogP contribution in [0.15, 0.2) is 30.3 Å². The van der Waals surface area contributed by atoms with Crippen LogP contribution in [0.25, 0.3) is 6.08 Å². The van der Waals surface area contributed by atoms with Crippen molar-refractivity contribution >= 4 is 28.7 Å². The first kappa shape index (κ1) is 11.1. The van der Waals surface area contributed by atoms with Crippen molar-refractivity contribution in [2.24, 2.45) is 0 Å². The van der Waals surface area contributed by atoms with Crippen LogP contribution in [0.3, 0.4) is 0 Å². The van der Waals surface area contributed by atoms with Gasteiger partial charge in [-0.15, -0.1) is 0 Å². The van der Waals surface area contributed by atoms with Crippen molar-refractivity contribution < 1.29 is 0 Å². The van der Waals surface area contributed by atoms with Gasteiger partial charge in [-0.3, -0.25) is 0 Å². The topological polar surface area (TPSA) is 12.0 Å². The Labute approximate surface area is 105 Å². The van der Waals surface area contributed by atoms with E-state index in [9.17, 15) is 0 Å². The van der Waals surface area contributed by atoms with E-state index in [4.69, 9.17) is 0 Å². The third-order valence-electron chi connectivity index (χ3n) is 2.74. The molecule has 0 aromatic heterocycles. The highest BCUT2D eigenvalue weighted by molar-refractivity contribution is 14.1. The quantitative estimate of drug-likeness (QED) is 0.825. The maximum absolute atomic E-state index is 3.51. The summed E-state index contributed by atoms with van der Waals surface area (Å²) in [6.45, 7) is 1.17. The zero-order valence-corrected chi connectivity index (χ0v) is 10.9. The molecule has 1 aliphatic rings. The summed E-state index contributed by atoms with van der Waals surface area (Å²) >= 11 is 2.33. The smallest absolute Gasteiger partial charge is 0.0253 e. The number of halogens is 1. The third-order valence-corrected chi connectivity index (χ3v) is 3.46. The average Bonchev–Trinajstić information content (AvgIpc) is 2.30. The van der Waals surface area contributed by atoms with E-state index in [1.165, 1.54) is 34.9 Å². The van der Waals surface area contributed by atoms with Crippen LogP contribution < -0.4 is 5.32 Å². The molecule has 2 rings (SSSR count). The van der Waals surface area contributed by atoms with Gasteiger partial charge in [0, 0.05) is 9.61 Å². The molecule has 1 aliphatic heterocycles. The lowest BCUT2D eigenvalue weighted by atomic mass is 10.0. The summed E-state index contributed by atoms with van der Waals surface area (Å²) in [5.41, 5.74) is 1.29. The van der Waals surface area contributed by atoms with Gasteiger partial charge >= 0.3 is 0 Å². The molecule has 0 aliphatic carbocycles. The van der Waals surface area contributed by atoms with E-state index < -0.39 is 0 Å². The molecule has 1 unspecified atom stereocenters. The largest absolute Gasteiger partial charge is 0.311 e. The van der Waals surface area contributed by atoms with E-state index in [0.29, 0.717) is 6.04 Å². The zero-order chi connectivity index (χ0) is 10.5. The van der Waals surface area contributed by atoms with Crippen LogP contribution in [0, 0.1) is 3.57 Å². The predicted octanol–water partition coefficient (Wildman–Crippen LogP) is 3.45. The van der Waals surface area contributed by atoms with Crippen molar-refractivity contribution in [2.45, 2.75) is 25.3 Å². The van der Waals surface area contributed by atoms with Gasteiger partial charge in [0.2, 0.25) is 0 Å². The average molecular weight is 313 g/mol. The second kappa shape index (κ2) is 5.66. The fourth-order valence-corrected chi connectivity index (χ4v) is 2.20. The van der Waals surface area contributed by atoms with Crippen LogP contribution in [0.4, 0.5) is 0 Å². The van der Waals surface area contributed by atoms with Crippen molar-refractivity contribution in [3.05, 3.63) is 39.5 Å². The van der Waals surface area contributed by atoms with Gasteiger partial charge in [0.25, 0.3) is 0 Å². The monoisotopic (exact) mass is 313 g/mol. The van der Waals surface area contributed by atoms with Gasteiger partial charge in [-0.25, -0.2) is 0 Å². The van der Waals surface area contributed by atoms with Gasteiger partial charge in [0.1, 0.15) is 0 Å². The molecule has 1 N–H and O–H groups in total. The highest BCUT2D eigenvalue weighted by Crippen LogP contribution is 2.11. The Balaban J connectivity index is 1.95. The minimum Gasteiger partial charge on any atom is -0.311 e. The minimum atomic E-state index is 0.582. The number of rotatable bonds is 2. The summed E-state index contributed by atoms with van der Waals surface area (Å²) in [6.07, 6.45) is 8.48. The molecule has 2 heteroatoms. The molecule has 1 nitrogen and oxygen atoms in total. The molecule has 1 aromatic carbocycles. The summed E-state index contributed by atoms with van der Waals surface area (Å²) in [7, 11) is 0. The first-order valence-corrected chi connectivity index (χ1v) is 6.59. The summed E-state index contributed by atoms with van der Waals surface area (Å²) in [4.78, 5) is 0. The molecule has 0 amide bonds. The Hall–Kier alpha value is -0.350. The molecule has 1 aromatic rings. The van der Waals surface area contributed by atoms with E-state index in [1.54, 1.807) is 0 Å². The zero-order valence-electron chi connectivity index (χ0n) is 8.75. The molecule has 15 heavy (non-hydrogen) atoms. The fourth-order valence-electron chi connectivity index (χ4n) is 1.84. The second-order valence-corrected chi connectivity index (χ2v) is 5.21. The lowest BCUT2D eigenvalue weighted by Crippen LogP contribution is -2.31. The number of nitrogens with one attached hydrogen (secondary N) is 1. The summed E-state index contributed by atoms with van der Waals surface area (Å²) in [5.74, 6) is 0. The SMILES string of the molecule is Ic1ccc(/C=C/C2CCCCN2)cc1. The van der Waals surface area contributed by atoms with Gasteiger partial charge < -0.3 is 5.32 Å². The Morgan fingerprint density at radius 1 is 1.20 bits per heavy atom. The molecule has 0 bridgehead atoms. The molecular formula is C13H16IN. The molecule has 1 fully saturated rings. The molecule has 0 radical (unpaired) electrons. The van der Waals surface area contributed by atoms with Crippen LogP contribution in [0.2, 0.25) is 0 Å². The molecule has 0 saturated carbocycles. The van der Waals surface area contributed by atoms with E-state index in [0.717, 1.165) is 0 Å². The highest BCUT2D eigenvalue weighted by Gasteiger charge is 2.07. The van der Waals surface area contributed by atoms with Crippen LogP contribution in [0.5, 0.6) is 0 Å². The normalized spacial score (nSPS) is 22.1. The molecule has 0 spiro atoms. The van der Waals surface area contributed by atoms with E-state index in [-0.39, 0.29) is 0 Å². The van der Waals surface area contributed by atoms with Crippen molar-refractivity contribution in [2.75, 3.05) is 6.54 Å². The van der Waals surface area contributed by atoms with Gasteiger partial charge in [0.05, 0.1) is 0 Å². The van der Waals surface area contributed by atoms with Gasteiger partial charge in [-0.2, -0.15) is 0 Å². The maximum Gasteiger partial charge on any atom is 0.0253 e. The van der Waals surface area contributed by atoms with E-state index in [2.05, 4.69) is 64.3 Å². The molecule has 1 heterocycles. The van der Waals surface area contributed by atoms with Crippen molar-refractivity contribution in [1.82, 2.24) is 5.32 Å². The Bertz CT molecular complexity index is 323. The molecule has 80 valence electrons. The van der Waals surface area contributed by atoms with Crippen LogP contribution in [0.1, 0.15) is 24.8 Å². The summed E-state index contributed by atoms with van der Waals surface area (Å²) < 4.78 is 1.29. The molecular weight excluding hydrogens is 297 g/mol. The number of hydrogen-bond donors (Lipinski definition) is 1. The minimum absolute atomic E-state index is 0.582. The Morgan fingerprint density at radius 3 is 2.67 bits per heavy atom. The van der Waals surface area contributed by atoms with Crippen LogP contribution in [-0.2, 0) is 0 Å². The molecule has 1 saturated heterocycles. The lowest BCUT2D eigenvalue weighted by molar-refractivity contribution is 0.455. The van der Waals surface area contributed by atoms with E-state index >= 15 is 0 Å². The summed E-state index contributed by atoms with van der Waals surface area (Å²) in [5, 5.41) is 3.51. The van der Waals surface area contributed by atoms with E-state index in [1.807, 2.05) is 0 Å². The lowest BCUT2D eigenvalue weighted by Gasteiger charge is -2.19. The number of hydrogen-bond acceptors (Lipinski definition) is 1. The highest BCUT2D eigenvalue weighted by atomic mass is 127. The Kier molecular flexibility index (Phi) is 4.20. The standard InChI is InChI=1S/C13H16IN/c14-12-7-4-11(5-8-12)6-9-13-3-1-2-10-15-13/h4-9,13,15H,1-3,10H2/b9-6+. The van der Waals surface area contributed by atoms with Crippen LogP contribution >= 0.6 is 22.6 Å². The second-order valence-electron chi connectivity index (χ2n) is 3.97. The van der Waals surface area contributed by atoms with Gasteiger partial charge in [0.15, 0.2) is 0 Å². The predicted molar refractivity (Wildman–Crippen MR) is 73.8 cm³/mol. The molecule has 1 atom stereocenters. The van der Waals surface area contributed by atoms with Gasteiger partial charge in [-0.1, -0.05) is 30.7 Å². The first-order chi connectivity index (χ1) is 7.34. The van der Waals surface area contributed by atoms with Crippen LogP contribution in [-0.4, -0.2) is 12.6 Å². The fraction of sp³-hybridized carbons (Fsp3) is 0.385.